The zero-order valence-corrected chi connectivity index (χ0v) is 10.5. The highest BCUT2D eigenvalue weighted by atomic mass is 16.4. The number of carbonyl (C=O) groups is 2. The van der Waals surface area contributed by atoms with Crippen molar-refractivity contribution in [1.29, 1.82) is 0 Å². The molecule has 4 N–H and O–H groups in total. The van der Waals surface area contributed by atoms with Crippen LogP contribution in [0.4, 0.5) is 0 Å². The van der Waals surface area contributed by atoms with Gasteiger partial charge in [0, 0.05) is 11.1 Å². The lowest BCUT2D eigenvalue weighted by Crippen LogP contribution is -2.25. The predicted molar refractivity (Wildman–Crippen MR) is 74.9 cm³/mol. The van der Waals surface area contributed by atoms with Gasteiger partial charge in [-0.1, -0.05) is 30.3 Å². The van der Waals surface area contributed by atoms with Gasteiger partial charge in [-0.05, 0) is 29.3 Å². The highest BCUT2D eigenvalue weighted by Crippen LogP contribution is 2.22. The third-order valence-corrected chi connectivity index (χ3v) is 2.86. The minimum absolute atomic E-state index is 0.182. The van der Waals surface area contributed by atoms with Gasteiger partial charge in [0.05, 0.1) is 0 Å². The number of nitrogens with two attached hydrogens (primary N) is 1. The Bertz CT molecular complexity index is 670. The Labute approximate surface area is 115 Å². The van der Waals surface area contributed by atoms with E-state index in [1.165, 1.54) is 12.1 Å². The van der Waals surface area contributed by atoms with Gasteiger partial charge in [0.1, 0.15) is 0 Å². The fourth-order valence-corrected chi connectivity index (χ4v) is 1.85. The fraction of sp³-hybridized carbons (Fsp3) is 0. The van der Waals surface area contributed by atoms with E-state index in [0.29, 0.717) is 16.7 Å². The number of amides is 1. The van der Waals surface area contributed by atoms with Gasteiger partial charge in [0.25, 0.3) is 0 Å². The van der Waals surface area contributed by atoms with E-state index >= 15 is 0 Å². The molecule has 0 radical (unpaired) electrons. The third kappa shape index (κ3) is 2.93. The lowest BCUT2D eigenvalue weighted by molar-refractivity contribution is 0.0998. The maximum atomic E-state index is 11.5. The summed E-state index contributed by atoms with van der Waals surface area (Å²) in [4.78, 5) is 22.7. The van der Waals surface area contributed by atoms with E-state index < -0.39 is 18.7 Å². The van der Waals surface area contributed by atoms with Crippen LogP contribution in [0, 0.1) is 0 Å². The van der Waals surface area contributed by atoms with E-state index in [1.54, 1.807) is 36.4 Å². The summed E-state index contributed by atoms with van der Waals surface area (Å²) >= 11 is 0. The Hall–Kier alpha value is -2.44. The first-order chi connectivity index (χ1) is 9.49. The van der Waals surface area contributed by atoms with E-state index in [-0.39, 0.29) is 5.56 Å². The van der Waals surface area contributed by atoms with Crippen molar-refractivity contribution in [1.82, 2.24) is 0 Å². The Morgan fingerprint density at radius 1 is 0.900 bits per heavy atom. The van der Waals surface area contributed by atoms with Crippen LogP contribution in [0.1, 0.15) is 20.7 Å². The van der Waals surface area contributed by atoms with E-state index in [2.05, 4.69) is 0 Å². The highest BCUT2D eigenvalue weighted by Gasteiger charge is 2.21. The molecule has 0 fully saturated rings. The topological polar surface area (TPSA) is 101 Å². The quantitative estimate of drug-likeness (QED) is 0.709. The molecule has 0 bridgehead atoms. The van der Waals surface area contributed by atoms with Crippen molar-refractivity contribution in [3.8, 4) is 11.1 Å². The molecule has 1 amide bonds. The monoisotopic (exact) mass is 269 g/mol. The number of benzene rings is 2. The number of hydrogen-bond acceptors (Lipinski definition) is 4. The SMILES string of the molecule is NC(=O)c1cccc(-c2cccc(C(=O)B(O)O)c2)c1. The fourth-order valence-electron chi connectivity index (χ4n) is 1.85. The lowest BCUT2D eigenvalue weighted by Gasteiger charge is -2.06. The van der Waals surface area contributed by atoms with Crippen molar-refractivity contribution in [3.05, 3.63) is 59.7 Å². The summed E-state index contributed by atoms with van der Waals surface area (Å²) < 4.78 is 0. The molecule has 6 heteroatoms. The van der Waals surface area contributed by atoms with Crippen LogP contribution in [-0.4, -0.2) is 28.8 Å². The summed E-state index contributed by atoms with van der Waals surface area (Å²) in [6.45, 7) is 0. The number of primary amides is 1. The zero-order valence-electron chi connectivity index (χ0n) is 10.5. The molecule has 2 aromatic rings. The van der Waals surface area contributed by atoms with Gasteiger partial charge < -0.3 is 15.8 Å². The smallest absolute Gasteiger partial charge is 0.421 e. The maximum Gasteiger partial charge on any atom is 0.532 e. The molecule has 0 spiro atoms. The van der Waals surface area contributed by atoms with Gasteiger partial charge in [-0.25, -0.2) is 0 Å². The van der Waals surface area contributed by atoms with Crippen molar-refractivity contribution < 1.29 is 19.6 Å². The van der Waals surface area contributed by atoms with Crippen LogP contribution < -0.4 is 5.73 Å². The second-order valence-electron chi connectivity index (χ2n) is 4.26. The summed E-state index contributed by atoms with van der Waals surface area (Å²) in [5.41, 5.74) is 6.38. The molecule has 0 aliphatic carbocycles. The van der Waals surface area contributed by atoms with Crippen LogP contribution >= 0.6 is 0 Å². The molecule has 20 heavy (non-hydrogen) atoms. The first kappa shape index (κ1) is 14.0. The molecule has 0 aliphatic heterocycles. The number of rotatable bonds is 4. The lowest BCUT2D eigenvalue weighted by atomic mass is 9.79. The van der Waals surface area contributed by atoms with Crippen molar-refractivity contribution in [2.75, 3.05) is 0 Å². The molecular formula is C14H12BNO4. The molecule has 5 nitrogen and oxygen atoms in total. The van der Waals surface area contributed by atoms with Gasteiger partial charge >= 0.3 is 7.12 Å². The third-order valence-electron chi connectivity index (χ3n) is 2.86. The summed E-state index contributed by atoms with van der Waals surface area (Å²) in [6, 6.07) is 13.1. The van der Waals surface area contributed by atoms with Crippen molar-refractivity contribution in [3.63, 3.8) is 0 Å². The second-order valence-corrected chi connectivity index (χ2v) is 4.26. The summed E-state index contributed by atoms with van der Waals surface area (Å²) in [7, 11) is -2.04. The Kier molecular flexibility index (Phi) is 3.98. The normalized spacial score (nSPS) is 10.1. The van der Waals surface area contributed by atoms with Gasteiger partial charge in [-0.15, -0.1) is 0 Å². The summed E-state index contributed by atoms with van der Waals surface area (Å²) in [6.07, 6.45) is 0. The van der Waals surface area contributed by atoms with Crippen molar-refractivity contribution in [2.45, 2.75) is 0 Å². The molecule has 0 heterocycles. The van der Waals surface area contributed by atoms with Gasteiger partial charge in [-0.3, -0.25) is 9.59 Å². The minimum atomic E-state index is -2.04. The first-order valence-electron chi connectivity index (χ1n) is 5.89. The van der Waals surface area contributed by atoms with E-state index in [0.717, 1.165) is 0 Å². The molecule has 100 valence electrons. The van der Waals surface area contributed by atoms with Crippen molar-refractivity contribution in [2.24, 2.45) is 5.73 Å². The molecule has 2 rings (SSSR count). The van der Waals surface area contributed by atoms with E-state index in [9.17, 15) is 9.59 Å². The Morgan fingerprint density at radius 3 is 1.90 bits per heavy atom. The Balaban J connectivity index is 2.43. The number of hydrogen-bond donors (Lipinski definition) is 3. The average molecular weight is 269 g/mol. The van der Waals surface area contributed by atoms with Crippen molar-refractivity contribution >= 4 is 18.7 Å². The van der Waals surface area contributed by atoms with Gasteiger partial charge in [0.2, 0.25) is 5.91 Å². The molecule has 0 aromatic heterocycles. The number of carbonyl (C=O) groups excluding carboxylic acids is 2. The highest BCUT2D eigenvalue weighted by molar-refractivity contribution is 6.81. The maximum absolute atomic E-state index is 11.5. The zero-order chi connectivity index (χ0) is 14.7. The van der Waals surface area contributed by atoms with E-state index in [4.69, 9.17) is 15.8 Å². The van der Waals surface area contributed by atoms with Crippen LogP contribution in [0.5, 0.6) is 0 Å². The van der Waals surface area contributed by atoms with E-state index in [1.807, 2.05) is 0 Å². The second kappa shape index (κ2) is 5.69. The van der Waals surface area contributed by atoms with Crippen LogP contribution in [0.25, 0.3) is 11.1 Å². The first-order valence-corrected chi connectivity index (χ1v) is 5.89. The molecule has 0 saturated carbocycles. The largest absolute Gasteiger partial charge is 0.532 e. The van der Waals surface area contributed by atoms with Crippen LogP contribution in [0.2, 0.25) is 0 Å². The minimum Gasteiger partial charge on any atom is -0.421 e. The summed E-state index contributed by atoms with van der Waals surface area (Å²) in [5, 5.41) is 17.8. The molecule has 0 saturated heterocycles. The molecule has 2 aromatic carbocycles. The Morgan fingerprint density at radius 2 is 1.40 bits per heavy atom. The van der Waals surface area contributed by atoms with Gasteiger partial charge in [0.15, 0.2) is 5.68 Å². The molecule has 0 aliphatic rings. The molecule has 0 atom stereocenters. The van der Waals surface area contributed by atoms with Crippen LogP contribution in [0.15, 0.2) is 48.5 Å². The van der Waals surface area contributed by atoms with Gasteiger partial charge in [-0.2, -0.15) is 0 Å². The standard InChI is InChI=1S/C14H12BNO4/c16-14(18)12-6-2-4-10(8-12)9-3-1-5-11(7-9)13(17)15(19)20/h1-8,19-20H,(H2,16,18). The molecular weight excluding hydrogens is 257 g/mol. The van der Waals surface area contributed by atoms with Crippen LogP contribution in [0.3, 0.4) is 0 Å². The molecule has 0 unspecified atom stereocenters. The van der Waals surface area contributed by atoms with Crippen LogP contribution in [-0.2, 0) is 0 Å². The summed E-state index contributed by atoms with van der Waals surface area (Å²) in [5.74, 6) is -0.537. The average Bonchev–Trinajstić information content (AvgIpc) is 2.46. The predicted octanol–water partition coefficient (Wildman–Crippen LogP) is 0.647.